The van der Waals surface area contributed by atoms with Crippen LogP contribution in [0.1, 0.15) is 16.1 Å². The van der Waals surface area contributed by atoms with E-state index < -0.39 is 0 Å². The number of hydrazine groups is 1. The summed E-state index contributed by atoms with van der Waals surface area (Å²) in [5.41, 5.74) is 4.18. The quantitative estimate of drug-likeness (QED) is 0.546. The van der Waals surface area contributed by atoms with Gasteiger partial charge in [0.2, 0.25) is 0 Å². The minimum absolute atomic E-state index is 0.293. The third kappa shape index (κ3) is 2.30. The number of hydrogen-bond donors (Lipinski definition) is 3. The number of nitrogens with two attached hydrogens (primary N) is 1. The van der Waals surface area contributed by atoms with Crippen LogP contribution >= 0.6 is 0 Å². The predicted molar refractivity (Wildman–Crippen MR) is 67.9 cm³/mol. The SMILES string of the molecule is Cc1cc(NC(=O)c2cnccc2NN)n(C)n1. The van der Waals surface area contributed by atoms with Crippen LogP contribution in [0.4, 0.5) is 11.5 Å². The van der Waals surface area contributed by atoms with Gasteiger partial charge in [-0.15, -0.1) is 0 Å². The van der Waals surface area contributed by atoms with Gasteiger partial charge in [-0.1, -0.05) is 0 Å². The van der Waals surface area contributed by atoms with Gasteiger partial charge in [0.15, 0.2) is 0 Å². The summed E-state index contributed by atoms with van der Waals surface area (Å²) in [5.74, 6) is 5.66. The number of aromatic nitrogens is 3. The van der Waals surface area contributed by atoms with E-state index in [2.05, 4.69) is 20.8 Å². The number of amides is 1. The smallest absolute Gasteiger partial charge is 0.260 e. The van der Waals surface area contributed by atoms with E-state index in [9.17, 15) is 4.79 Å². The zero-order chi connectivity index (χ0) is 13.1. The van der Waals surface area contributed by atoms with E-state index in [1.54, 1.807) is 30.1 Å². The minimum Gasteiger partial charge on any atom is -0.323 e. The average Bonchev–Trinajstić information content (AvgIpc) is 2.67. The Morgan fingerprint density at radius 1 is 1.50 bits per heavy atom. The number of hydrogen-bond acceptors (Lipinski definition) is 5. The van der Waals surface area contributed by atoms with Gasteiger partial charge in [0.05, 0.1) is 16.9 Å². The summed E-state index contributed by atoms with van der Waals surface area (Å²) in [5, 5.41) is 6.89. The summed E-state index contributed by atoms with van der Waals surface area (Å²) < 4.78 is 1.60. The largest absolute Gasteiger partial charge is 0.323 e. The van der Waals surface area contributed by atoms with Gasteiger partial charge < -0.3 is 10.7 Å². The number of nitrogen functional groups attached to an aromatic ring is 1. The molecular weight excluding hydrogens is 232 g/mol. The fraction of sp³-hybridized carbons (Fsp3) is 0.182. The molecule has 0 aliphatic rings. The van der Waals surface area contributed by atoms with E-state index in [0.29, 0.717) is 17.1 Å². The molecule has 4 N–H and O–H groups in total. The van der Waals surface area contributed by atoms with Crippen molar-refractivity contribution in [3.63, 3.8) is 0 Å². The maximum Gasteiger partial charge on any atom is 0.260 e. The molecule has 0 radical (unpaired) electrons. The van der Waals surface area contributed by atoms with Crippen LogP contribution in [0.25, 0.3) is 0 Å². The molecule has 2 rings (SSSR count). The molecule has 2 aromatic rings. The van der Waals surface area contributed by atoms with Crippen LogP contribution in [0.2, 0.25) is 0 Å². The van der Waals surface area contributed by atoms with Gasteiger partial charge in [0.25, 0.3) is 5.91 Å². The maximum atomic E-state index is 12.1. The van der Waals surface area contributed by atoms with Gasteiger partial charge in [-0.2, -0.15) is 5.10 Å². The highest BCUT2D eigenvalue weighted by atomic mass is 16.1. The summed E-state index contributed by atoms with van der Waals surface area (Å²) >= 11 is 0. The van der Waals surface area contributed by atoms with Gasteiger partial charge in [0, 0.05) is 25.5 Å². The van der Waals surface area contributed by atoms with Crippen molar-refractivity contribution in [1.29, 1.82) is 0 Å². The molecule has 0 bridgehead atoms. The number of nitrogens with zero attached hydrogens (tertiary/aromatic N) is 3. The van der Waals surface area contributed by atoms with E-state index in [-0.39, 0.29) is 5.91 Å². The lowest BCUT2D eigenvalue weighted by Gasteiger charge is -2.08. The molecule has 0 saturated heterocycles. The molecule has 18 heavy (non-hydrogen) atoms. The van der Waals surface area contributed by atoms with Crippen LogP contribution < -0.4 is 16.6 Å². The normalized spacial score (nSPS) is 10.2. The first kappa shape index (κ1) is 12.1. The van der Waals surface area contributed by atoms with E-state index in [4.69, 9.17) is 5.84 Å². The van der Waals surface area contributed by atoms with Crippen molar-refractivity contribution in [2.45, 2.75) is 6.92 Å². The first-order valence-corrected chi connectivity index (χ1v) is 5.34. The van der Waals surface area contributed by atoms with Gasteiger partial charge in [-0.3, -0.25) is 20.3 Å². The molecule has 2 heterocycles. The zero-order valence-corrected chi connectivity index (χ0v) is 10.1. The van der Waals surface area contributed by atoms with Crippen molar-refractivity contribution >= 4 is 17.4 Å². The molecule has 0 unspecified atom stereocenters. The fourth-order valence-electron chi connectivity index (χ4n) is 1.61. The second-order valence-corrected chi connectivity index (χ2v) is 3.81. The van der Waals surface area contributed by atoms with Crippen LogP contribution in [-0.4, -0.2) is 20.7 Å². The van der Waals surface area contributed by atoms with E-state index >= 15 is 0 Å². The Morgan fingerprint density at radius 2 is 2.28 bits per heavy atom. The lowest BCUT2D eigenvalue weighted by Crippen LogP contribution is -2.18. The Morgan fingerprint density at radius 3 is 2.89 bits per heavy atom. The standard InChI is InChI=1S/C11H14N6O/c1-7-5-10(17(2)16-7)14-11(18)8-6-13-4-3-9(8)15-12/h3-6H,12H2,1-2H3,(H,13,15)(H,14,18). The highest BCUT2D eigenvalue weighted by Gasteiger charge is 2.13. The molecule has 0 atom stereocenters. The highest BCUT2D eigenvalue weighted by molar-refractivity contribution is 6.07. The van der Waals surface area contributed by atoms with E-state index in [0.717, 1.165) is 5.69 Å². The molecule has 0 saturated carbocycles. The lowest BCUT2D eigenvalue weighted by molar-refractivity contribution is 0.102. The van der Waals surface area contributed by atoms with Gasteiger partial charge in [0.1, 0.15) is 5.82 Å². The molecule has 0 aliphatic carbocycles. The molecule has 7 nitrogen and oxygen atoms in total. The molecule has 0 aliphatic heterocycles. The Balaban J connectivity index is 2.24. The predicted octanol–water partition coefficient (Wildman–Crippen LogP) is 0.661. The van der Waals surface area contributed by atoms with Crippen molar-refractivity contribution in [3.8, 4) is 0 Å². The molecular formula is C11H14N6O. The van der Waals surface area contributed by atoms with Crippen LogP contribution in [0.15, 0.2) is 24.5 Å². The van der Waals surface area contributed by atoms with E-state index in [1.807, 2.05) is 6.92 Å². The summed E-state index contributed by atoms with van der Waals surface area (Å²) in [4.78, 5) is 16.0. The minimum atomic E-state index is -0.293. The number of anilines is 2. The Hall–Kier alpha value is -2.41. The van der Waals surface area contributed by atoms with Crippen LogP contribution in [0.3, 0.4) is 0 Å². The summed E-state index contributed by atoms with van der Waals surface area (Å²) in [6.07, 6.45) is 3.01. The number of carbonyl (C=O) groups excluding carboxylic acids is 1. The second-order valence-electron chi connectivity index (χ2n) is 3.81. The molecule has 2 aromatic heterocycles. The number of pyridine rings is 1. The van der Waals surface area contributed by atoms with Crippen molar-refractivity contribution in [2.75, 3.05) is 10.7 Å². The number of aryl methyl sites for hydroxylation is 2. The monoisotopic (exact) mass is 246 g/mol. The van der Waals surface area contributed by atoms with Crippen LogP contribution in [0, 0.1) is 6.92 Å². The summed E-state index contributed by atoms with van der Waals surface area (Å²) in [6, 6.07) is 3.41. The number of nitrogens with one attached hydrogen (secondary N) is 2. The Labute approximate surface area is 104 Å². The van der Waals surface area contributed by atoms with Gasteiger partial charge in [-0.25, -0.2) is 0 Å². The fourth-order valence-corrected chi connectivity index (χ4v) is 1.61. The summed E-state index contributed by atoms with van der Waals surface area (Å²) in [6.45, 7) is 1.85. The average molecular weight is 246 g/mol. The van der Waals surface area contributed by atoms with Crippen LogP contribution in [0.5, 0.6) is 0 Å². The zero-order valence-electron chi connectivity index (χ0n) is 10.1. The lowest BCUT2D eigenvalue weighted by atomic mass is 10.2. The van der Waals surface area contributed by atoms with Crippen molar-refractivity contribution in [1.82, 2.24) is 14.8 Å². The van der Waals surface area contributed by atoms with Gasteiger partial charge in [-0.05, 0) is 13.0 Å². The molecule has 0 aromatic carbocycles. The second kappa shape index (κ2) is 4.84. The Kier molecular flexibility index (Phi) is 3.24. The van der Waals surface area contributed by atoms with Crippen LogP contribution in [-0.2, 0) is 7.05 Å². The van der Waals surface area contributed by atoms with E-state index in [1.165, 1.54) is 6.20 Å². The van der Waals surface area contributed by atoms with Crippen molar-refractivity contribution in [2.24, 2.45) is 12.9 Å². The number of carbonyl (C=O) groups is 1. The first-order chi connectivity index (χ1) is 8.61. The molecule has 0 fully saturated rings. The third-order valence-corrected chi connectivity index (χ3v) is 2.46. The topological polar surface area (TPSA) is 97.9 Å². The van der Waals surface area contributed by atoms with Crippen molar-refractivity contribution < 1.29 is 4.79 Å². The molecule has 94 valence electrons. The first-order valence-electron chi connectivity index (χ1n) is 5.34. The molecule has 7 heteroatoms. The van der Waals surface area contributed by atoms with Crippen molar-refractivity contribution in [3.05, 3.63) is 35.8 Å². The highest BCUT2D eigenvalue weighted by Crippen LogP contribution is 2.15. The number of rotatable bonds is 3. The molecule has 1 amide bonds. The van der Waals surface area contributed by atoms with Gasteiger partial charge >= 0.3 is 0 Å². The Bertz CT molecular complexity index is 577. The third-order valence-electron chi connectivity index (χ3n) is 2.46. The molecule has 0 spiro atoms. The summed E-state index contributed by atoms with van der Waals surface area (Å²) in [7, 11) is 1.76. The maximum absolute atomic E-state index is 12.1.